The molecule has 1 aliphatic rings. The lowest BCUT2D eigenvalue weighted by Gasteiger charge is -2.35. The van der Waals surface area contributed by atoms with Gasteiger partial charge in [-0.2, -0.15) is 0 Å². The zero-order valence-electron chi connectivity index (χ0n) is 14.9. The molecule has 1 saturated heterocycles. The molecule has 0 bridgehead atoms. The van der Waals surface area contributed by atoms with Crippen LogP contribution in [-0.2, 0) is 6.54 Å². The van der Waals surface area contributed by atoms with E-state index < -0.39 is 0 Å². The van der Waals surface area contributed by atoms with Crippen molar-refractivity contribution in [2.45, 2.75) is 13.5 Å². The minimum Gasteiger partial charge on any atom is -0.447 e. The molecule has 0 spiro atoms. The van der Waals surface area contributed by atoms with Crippen molar-refractivity contribution in [3.8, 4) is 0 Å². The highest BCUT2D eigenvalue weighted by Crippen LogP contribution is 2.20. The van der Waals surface area contributed by atoms with Gasteiger partial charge in [-0.3, -0.25) is 9.69 Å². The summed E-state index contributed by atoms with van der Waals surface area (Å²) < 4.78 is 19.3. The van der Waals surface area contributed by atoms with E-state index in [1.807, 2.05) is 17.9 Å². The number of benzene rings is 1. The average Bonchev–Trinajstić information content (AvgIpc) is 3.09. The van der Waals surface area contributed by atoms with Gasteiger partial charge in [0.25, 0.3) is 5.91 Å². The van der Waals surface area contributed by atoms with Crippen LogP contribution in [0.3, 0.4) is 0 Å². The van der Waals surface area contributed by atoms with E-state index >= 15 is 0 Å². The average molecular weight is 358 g/mol. The molecule has 0 aliphatic carbocycles. The van der Waals surface area contributed by atoms with Crippen molar-refractivity contribution in [2.75, 3.05) is 37.6 Å². The fourth-order valence-electron chi connectivity index (χ4n) is 2.86. The largest absolute Gasteiger partial charge is 0.447 e. The number of hydrogen-bond acceptors (Lipinski definition) is 5. The number of rotatable bonds is 6. The number of anilines is 1. The lowest BCUT2D eigenvalue weighted by atomic mass is 10.2. The smallest absolute Gasteiger partial charge is 0.273 e. The van der Waals surface area contributed by atoms with E-state index in [0.717, 1.165) is 31.8 Å². The van der Waals surface area contributed by atoms with Crippen molar-refractivity contribution in [1.29, 1.82) is 0 Å². The summed E-state index contributed by atoms with van der Waals surface area (Å²) in [6.45, 7) is 9.53. The molecule has 0 saturated carbocycles. The van der Waals surface area contributed by atoms with Crippen LogP contribution in [0.25, 0.3) is 0 Å². The molecule has 1 aromatic carbocycles. The van der Waals surface area contributed by atoms with E-state index in [4.69, 9.17) is 4.42 Å². The van der Waals surface area contributed by atoms with Crippen LogP contribution in [0.4, 0.5) is 10.1 Å². The van der Waals surface area contributed by atoms with Gasteiger partial charge in [0.15, 0.2) is 5.69 Å². The van der Waals surface area contributed by atoms with Crippen LogP contribution in [0.15, 0.2) is 47.1 Å². The van der Waals surface area contributed by atoms with Crippen molar-refractivity contribution in [3.05, 3.63) is 60.1 Å². The molecule has 7 heteroatoms. The molecular weight excluding hydrogens is 335 g/mol. The maximum atomic E-state index is 13.9. The molecule has 26 heavy (non-hydrogen) atoms. The summed E-state index contributed by atoms with van der Waals surface area (Å²) in [6.07, 6.45) is 1.37. The van der Waals surface area contributed by atoms with Gasteiger partial charge in [0.2, 0.25) is 5.89 Å². The number of halogens is 1. The highest BCUT2D eigenvalue weighted by molar-refractivity contribution is 5.92. The topological polar surface area (TPSA) is 61.6 Å². The fourth-order valence-corrected chi connectivity index (χ4v) is 2.86. The van der Waals surface area contributed by atoms with E-state index in [-0.39, 0.29) is 17.4 Å². The number of amides is 1. The monoisotopic (exact) mass is 358 g/mol. The number of nitrogens with one attached hydrogen (secondary N) is 1. The zero-order valence-corrected chi connectivity index (χ0v) is 14.9. The highest BCUT2D eigenvalue weighted by Gasteiger charge is 2.21. The number of para-hydroxylation sites is 1. The highest BCUT2D eigenvalue weighted by atomic mass is 19.1. The van der Waals surface area contributed by atoms with Gasteiger partial charge < -0.3 is 14.6 Å². The lowest BCUT2D eigenvalue weighted by Crippen LogP contribution is -2.46. The Hall–Kier alpha value is -2.67. The molecule has 2 heterocycles. The number of aromatic nitrogens is 1. The SMILES string of the molecule is C=C(C)CNC(=O)c1coc(CN2CCN(c3ccccc3F)CC2)n1. The third kappa shape index (κ3) is 4.49. The number of carbonyl (C=O) groups is 1. The summed E-state index contributed by atoms with van der Waals surface area (Å²) in [7, 11) is 0. The number of hydrogen-bond donors (Lipinski definition) is 1. The minimum atomic E-state index is -0.271. The minimum absolute atomic E-state index is 0.195. The van der Waals surface area contributed by atoms with Gasteiger partial charge in [-0.05, 0) is 19.1 Å². The first-order chi connectivity index (χ1) is 12.5. The Bertz CT molecular complexity index is 781. The van der Waals surface area contributed by atoms with Crippen LogP contribution in [0.2, 0.25) is 0 Å². The first-order valence-electron chi connectivity index (χ1n) is 8.62. The van der Waals surface area contributed by atoms with Crippen LogP contribution in [0.5, 0.6) is 0 Å². The summed E-state index contributed by atoms with van der Waals surface area (Å²) >= 11 is 0. The van der Waals surface area contributed by atoms with Gasteiger partial charge in [0, 0.05) is 32.7 Å². The standard InChI is InChI=1S/C19H23FN4O2/c1-14(2)11-21-19(25)16-13-26-18(22-16)12-23-7-9-24(10-8-23)17-6-4-3-5-15(17)20/h3-6,13H,1,7-12H2,2H3,(H,21,25). The summed E-state index contributed by atoms with van der Waals surface area (Å²) in [5, 5.41) is 2.73. The molecule has 1 aromatic heterocycles. The summed E-state index contributed by atoms with van der Waals surface area (Å²) in [6, 6.07) is 6.82. The molecular formula is C19H23FN4O2. The molecule has 0 atom stereocenters. The van der Waals surface area contributed by atoms with Gasteiger partial charge in [0.1, 0.15) is 12.1 Å². The maximum Gasteiger partial charge on any atom is 0.273 e. The van der Waals surface area contributed by atoms with Crippen LogP contribution in [0.1, 0.15) is 23.3 Å². The van der Waals surface area contributed by atoms with Crippen LogP contribution in [0, 0.1) is 5.82 Å². The third-order valence-electron chi connectivity index (χ3n) is 4.26. The molecule has 138 valence electrons. The Kier molecular flexibility index (Phi) is 5.68. The fraction of sp³-hybridized carbons (Fsp3) is 0.368. The summed E-state index contributed by atoms with van der Waals surface area (Å²) in [4.78, 5) is 20.4. The van der Waals surface area contributed by atoms with Gasteiger partial charge in [0.05, 0.1) is 12.2 Å². The van der Waals surface area contributed by atoms with E-state index in [1.54, 1.807) is 12.1 Å². The molecule has 6 nitrogen and oxygen atoms in total. The van der Waals surface area contributed by atoms with Gasteiger partial charge in [-0.1, -0.05) is 24.3 Å². The predicted molar refractivity (Wildman–Crippen MR) is 97.5 cm³/mol. The quantitative estimate of drug-likeness (QED) is 0.804. The third-order valence-corrected chi connectivity index (χ3v) is 4.26. The number of piperazine rings is 1. The zero-order chi connectivity index (χ0) is 18.5. The van der Waals surface area contributed by atoms with Crippen LogP contribution in [-0.4, -0.2) is 48.5 Å². The van der Waals surface area contributed by atoms with Crippen molar-refractivity contribution in [3.63, 3.8) is 0 Å². The van der Waals surface area contributed by atoms with Crippen LogP contribution >= 0.6 is 0 Å². The van der Waals surface area contributed by atoms with Gasteiger partial charge >= 0.3 is 0 Å². The second-order valence-corrected chi connectivity index (χ2v) is 6.48. The number of oxazole rings is 1. The molecule has 3 rings (SSSR count). The Morgan fingerprint density at radius 2 is 2.04 bits per heavy atom. The van der Waals surface area contributed by atoms with E-state index in [0.29, 0.717) is 24.7 Å². The van der Waals surface area contributed by atoms with E-state index in [2.05, 4.69) is 21.8 Å². The Labute approximate surface area is 152 Å². The molecule has 0 radical (unpaired) electrons. The van der Waals surface area contributed by atoms with E-state index in [9.17, 15) is 9.18 Å². The Morgan fingerprint density at radius 1 is 1.31 bits per heavy atom. The predicted octanol–water partition coefficient (Wildman–Crippen LogP) is 2.44. The molecule has 2 aromatic rings. The summed E-state index contributed by atoms with van der Waals surface area (Å²) in [5.41, 5.74) is 1.78. The van der Waals surface area contributed by atoms with E-state index in [1.165, 1.54) is 12.3 Å². The molecule has 0 unspecified atom stereocenters. The Balaban J connectivity index is 1.51. The first-order valence-corrected chi connectivity index (χ1v) is 8.62. The molecule has 1 amide bonds. The molecule has 1 N–H and O–H groups in total. The normalized spacial score (nSPS) is 15.1. The second-order valence-electron chi connectivity index (χ2n) is 6.48. The molecule has 1 aliphatic heterocycles. The maximum absolute atomic E-state index is 13.9. The second kappa shape index (κ2) is 8.14. The van der Waals surface area contributed by atoms with Gasteiger partial charge in [-0.25, -0.2) is 9.37 Å². The van der Waals surface area contributed by atoms with Crippen molar-refractivity contribution >= 4 is 11.6 Å². The van der Waals surface area contributed by atoms with Crippen LogP contribution < -0.4 is 10.2 Å². The lowest BCUT2D eigenvalue weighted by molar-refractivity contribution is 0.0952. The van der Waals surface area contributed by atoms with Crippen molar-refractivity contribution in [2.24, 2.45) is 0 Å². The van der Waals surface area contributed by atoms with Gasteiger partial charge in [-0.15, -0.1) is 0 Å². The molecule has 1 fully saturated rings. The number of nitrogens with zero attached hydrogens (tertiary/aromatic N) is 3. The Morgan fingerprint density at radius 3 is 2.73 bits per heavy atom. The van der Waals surface area contributed by atoms with Crippen molar-refractivity contribution in [1.82, 2.24) is 15.2 Å². The van der Waals surface area contributed by atoms with Crippen molar-refractivity contribution < 1.29 is 13.6 Å². The number of carbonyl (C=O) groups excluding carboxylic acids is 1. The first kappa shape index (κ1) is 18.1. The summed E-state index contributed by atoms with van der Waals surface area (Å²) in [5.74, 6) is 0.0382.